The lowest BCUT2D eigenvalue weighted by molar-refractivity contribution is -0.150. The third kappa shape index (κ3) is 3.81. The van der Waals surface area contributed by atoms with Crippen molar-refractivity contribution in [3.05, 3.63) is 0 Å². The summed E-state index contributed by atoms with van der Waals surface area (Å²) in [4.78, 5) is 11.1. The van der Waals surface area contributed by atoms with Gasteiger partial charge in [-0.1, -0.05) is 19.8 Å². The summed E-state index contributed by atoms with van der Waals surface area (Å²) in [5.74, 6) is 4.66. The van der Waals surface area contributed by atoms with Crippen LogP contribution in [0.2, 0.25) is 0 Å². The highest BCUT2D eigenvalue weighted by atomic mass is 16.5. The molecule has 2 heteroatoms. The van der Waals surface area contributed by atoms with Crippen molar-refractivity contribution in [3.8, 4) is 0 Å². The summed E-state index contributed by atoms with van der Waals surface area (Å²) in [5.41, 5.74) is 0. The predicted octanol–water partition coefficient (Wildman–Crippen LogP) is 4.96. The predicted molar refractivity (Wildman–Crippen MR) is 84.8 cm³/mol. The summed E-state index contributed by atoms with van der Waals surface area (Å²) >= 11 is 0. The van der Waals surface area contributed by atoms with Gasteiger partial charge in [0.1, 0.15) is 6.10 Å². The number of ether oxygens (including phenoxy) is 1. The number of hydrogen-bond acceptors (Lipinski definition) is 2. The van der Waals surface area contributed by atoms with E-state index in [-0.39, 0.29) is 12.1 Å². The second-order valence-corrected chi connectivity index (χ2v) is 8.16. The van der Waals surface area contributed by atoms with Gasteiger partial charge in [0, 0.05) is 6.92 Å². The van der Waals surface area contributed by atoms with Crippen LogP contribution < -0.4 is 0 Å². The van der Waals surface area contributed by atoms with E-state index in [0.717, 1.165) is 42.4 Å². The molecule has 21 heavy (non-hydrogen) atoms. The van der Waals surface area contributed by atoms with Crippen LogP contribution in [0.5, 0.6) is 0 Å². The zero-order valence-electron chi connectivity index (χ0n) is 13.9. The lowest BCUT2D eigenvalue weighted by atomic mass is 9.62. The SMILES string of the molecule is CC(=O)OC1CCC2CC(C3CCC(C)CC3)CCC2C1. The molecule has 0 N–H and O–H groups in total. The van der Waals surface area contributed by atoms with Crippen LogP contribution in [0.15, 0.2) is 0 Å². The molecule has 0 heterocycles. The molecule has 0 aromatic heterocycles. The molecule has 0 aliphatic heterocycles. The molecule has 0 saturated heterocycles. The molecule has 0 spiro atoms. The van der Waals surface area contributed by atoms with Gasteiger partial charge < -0.3 is 4.74 Å². The molecule has 0 aromatic rings. The van der Waals surface area contributed by atoms with E-state index in [1.54, 1.807) is 6.92 Å². The van der Waals surface area contributed by atoms with Crippen molar-refractivity contribution < 1.29 is 9.53 Å². The second kappa shape index (κ2) is 6.71. The molecule has 3 rings (SSSR count). The molecule has 3 aliphatic carbocycles. The summed E-state index contributed by atoms with van der Waals surface area (Å²) in [6.45, 7) is 3.97. The van der Waals surface area contributed by atoms with Crippen LogP contribution in [-0.2, 0) is 9.53 Å². The minimum Gasteiger partial charge on any atom is -0.463 e. The largest absolute Gasteiger partial charge is 0.463 e. The average Bonchev–Trinajstić information content (AvgIpc) is 2.47. The third-order valence-electron chi connectivity index (χ3n) is 6.67. The van der Waals surface area contributed by atoms with Crippen molar-refractivity contribution >= 4 is 5.97 Å². The van der Waals surface area contributed by atoms with Crippen LogP contribution in [0.25, 0.3) is 0 Å². The van der Waals surface area contributed by atoms with Crippen LogP contribution in [0, 0.1) is 29.6 Å². The molecule has 0 aromatic carbocycles. The topological polar surface area (TPSA) is 26.3 Å². The number of carbonyl (C=O) groups is 1. The molecule has 120 valence electrons. The second-order valence-electron chi connectivity index (χ2n) is 8.16. The Bertz CT molecular complexity index is 357. The number of carbonyl (C=O) groups excluding carboxylic acids is 1. The molecule has 4 atom stereocenters. The summed E-state index contributed by atoms with van der Waals surface area (Å²) in [7, 11) is 0. The Labute approximate surface area is 130 Å². The highest BCUT2D eigenvalue weighted by Gasteiger charge is 2.39. The maximum Gasteiger partial charge on any atom is 0.302 e. The highest BCUT2D eigenvalue weighted by molar-refractivity contribution is 5.66. The van der Waals surface area contributed by atoms with Crippen molar-refractivity contribution in [2.75, 3.05) is 0 Å². The van der Waals surface area contributed by atoms with Gasteiger partial charge in [0.2, 0.25) is 0 Å². The number of esters is 1. The van der Waals surface area contributed by atoms with E-state index in [9.17, 15) is 4.79 Å². The molecule has 3 saturated carbocycles. The zero-order valence-corrected chi connectivity index (χ0v) is 13.9. The standard InChI is InChI=1S/C19H32O2/c1-13-3-5-15(6-4-13)16-7-8-18-12-19(21-14(2)20)10-9-17(18)11-16/h13,15-19H,3-12H2,1-2H3. The van der Waals surface area contributed by atoms with Gasteiger partial charge in [0.15, 0.2) is 0 Å². The minimum absolute atomic E-state index is 0.0940. The molecule has 3 aliphatic rings. The first-order valence-electron chi connectivity index (χ1n) is 9.29. The van der Waals surface area contributed by atoms with Crippen LogP contribution in [0.1, 0.15) is 78.1 Å². The minimum atomic E-state index is -0.0940. The van der Waals surface area contributed by atoms with Crippen molar-refractivity contribution in [1.29, 1.82) is 0 Å². The Morgan fingerprint density at radius 3 is 1.95 bits per heavy atom. The van der Waals surface area contributed by atoms with Crippen LogP contribution in [-0.4, -0.2) is 12.1 Å². The third-order valence-corrected chi connectivity index (χ3v) is 6.67. The molecule has 2 nitrogen and oxygen atoms in total. The lowest BCUT2D eigenvalue weighted by Crippen LogP contribution is -2.37. The number of fused-ring (bicyclic) bond motifs is 1. The van der Waals surface area contributed by atoms with E-state index >= 15 is 0 Å². The number of rotatable bonds is 2. The molecular weight excluding hydrogens is 260 g/mol. The first-order valence-corrected chi connectivity index (χ1v) is 9.29. The van der Waals surface area contributed by atoms with Crippen LogP contribution in [0.4, 0.5) is 0 Å². The molecule has 0 bridgehead atoms. The Morgan fingerprint density at radius 1 is 0.762 bits per heavy atom. The van der Waals surface area contributed by atoms with Gasteiger partial charge in [-0.25, -0.2) is 0 Å². The van der Waals surface area contributed by atoms with Crippen molar-refractivity contribution in [2.45, 2.75) is 84.2 Å². The van der Waals surface area contributed by atoms with E-state index in [1.807, 2.05) is 0 Å². The molecular formula is C19H32O2. The monoisotopic (exact) mass is 292 g/mol. The summed E-state index contributed by atoms with van der Waals surface area (Å²) in [6, 6.07) is 0. The van der Waals surface area contributed by atoms with Gasteiger partial charge in [-0.3, -0.25) is 4.79 Å². The van der Waals surface area contributed by atoms with Gasteiger partial charge in [0.25, 0.3) is 0 Å². The zero-order chi connectivity index (χ0) is 14.8. The van der Waals surface area contributed by atoms with E-state index in [1.165, 1.54) is 51.4 Å². The summed E-state index contributed by atoms with van der Waals surface area (Å²) in [6.07, 6.45) is 13.9. The lowest BCUT2D eigenvalue weighted by Gasteiger charge is -2.45. The highest BCUT2D eigenvalue weighted by Crippen LogP contribution is 2.48. The van der Waals surface area contributed by atoms with Crippen LogP contribution in [0.3, 0.4) is 0 Å². The molecule has 4 unspecified atom stereocenters. The number of hydrogen-bond donors (Lipinski definition) is 0. The quantitative estimate of drug-likeness (QED) is 0.672. The smallest absolute Gasteiger partial charge is 0.302 e. The van der Waals surface area contributed by atoms with E-state index in [2.05, 4.69) is 6.92 Å². The van der Waals surface area contributed by atoms with E-state index < -0.39 is 0 Å². The average molecular weight is 292 g/mol. The molecule has 0 radical (unpaired) electrons. The van der Waals surface area contributed by atoms with Gasteiger partial charge in [-0.15, -0.1) is 0 Å². The normalized spacial score (nSPS) is 43.9. The Kier molecular flexibility index (Phi) is 4.91. The maximum absolute atomic E-state index is 11.1. The van der Waals surface area contributed by atoms with Crippen molar-refractivity contribution in [3.63, 3.8) is 0 Å². The van der Waals surface area contributed by atoms with Gasteiger partial charge >= 0.3 is 5.97 Å². The van der Waals surface area contributed by atoms with Crippen LogP contribution >= 0.6 is 0 Å². The maximum atomic E-state index is 11.1. The van der Waals surface area contributed by atoms with Crippen molar-refractivity contribution in [2.24, 2.45) is 29.6 Å². The van der Waals surface area contributed by atoms with Gasteiger partial charge in [-0.2, -0.15) is 0 Å². The summed E-state index contributed by atoms with van der Waals surface area (Å²) < 4.78 is 5.46. The fourth-order valence-corrected chi connectivity index (χ4v) is 5.41. The Hall–Kier alpha value is -0.530. The van der Waals surface area contributed by atoms with Crippen molar-refractivity contribution in [1.82, 2.24) is 0 Å². The fourth-order valence-electron chi connectivity index (χ4n) is 5.41. The fraction of sp³-hybridized carbons (Fsp3) is 0.947. The molecule has 3 fully saturated rings. The summed E-state index contributed by atoms with van der Waals surface area (Å²) in [5, 5.41) is 0. The first kappa shape index (κ1) is 15.4. The molecule has 0 amide bonds. The van der Waals surface area contributed by atoms with E-state index in [0.29, 0.717) is 0 Å². The van der Waals surface area contributed by atoms with E-state index in [4.69, 9.17) is 4.74 Å². The Balaban J connectivity index is 1.50. The first-order chi connectivity index (χ1) is 10.1. The Morgan fingerprint density at radius 2 is 1.29 bits per heavy atom. The van der Waals surface area contributed by atoms with Gasteiger partial charge in [0.05, 0.1) is 0 Å². The van der Waals surface area contributed by atoms with Gasteiger partial charge in [-0.05, 0) is 81.0 Å².